The maximum absolute atomic E-state index is 13.0. The molecular formula is C24H23F3N4O2S. The Morgan fingerprint density at radius 3 is 2.53 bits per heavy atom. The summed E-state index contributed by atoms with van der Waals surface area (Å²) in [6.07, 6.45) is -3.56. The quantitative estimate of drug-likeness (QED) is 0.647. The van der Waals surface area contributed by atoms with E-state index in [1.165, 1.54) is 12.1 Å². The number of amides is 2. The van der Waals surface area contributed by atoms with E-state index in [9.17, 15) is 22.8 Å². The molecule has 2 heterocycles. The summed E-state index contributed by atoms with van der Waals surface area (Å²) in [6, 6.07) is 10.9. The van der Waals surface area contributed by atoms with E-state index in [1.54, 1.807) is 30.9 Å². The number of halogens is 3. The number of anilines is 1. The monoisotopic (exact) mass is 488 g/mol. The molecule has 2 amide bonds. The molecule has 1 saturated heterocycles. The van der Waals surface area contributed by atoms with Crippen molar-refractivity contribution in [1.29, 1.82) is 0 Å². The number of fused-ring (bicyclic) bond motifs is 1. The van der Waals surface area contributed by atoms with Crippen LogP contribution >= 0.6 is 11.8 Å². The first-order valence-electron chi connectivity index (χ1n) is 10.7. The number of likely N-dealkylation sites (N-methyl/N-ethyl adjacent to an activating group) is 1. The van der Waals surface area contributed by atoms with E-state index >= 15 is 0 Å². The van der Waals surface area contributed by atoms with Crippen LogP contribution in [-0.2, 0) is 11.0 Å². The molecular weight excluding hydrogens is 465 g/mol. The topological polar surface area (TPSA) is 73.8 Å². The highest BCUT2D eigenvalue weighted by molar-refractivity contribution is 8.13. The van der Waals surface area contributed by atoms with Gasteiger partial charge in [-0.2, -0.15) is 13.2 Å². The highest BCUT2D eigenvalue weighted by Gasteiger charge is 2.37. The fraction of sp³-hybridized carbons (Fsp3) is 0.292. The minimum absolute atomic E-state index is 0.0853. The van der Waals surface area contributed by atoms with Crippen LogP contribution in [0.15, 0.2) is 64.8 Å². The number of carbonyl (C=O) groups is 2. The lowest BCUT2D eigenvalue weighted by molar-refractivity contribution is -0.137. The summed E-state index contributed by atoms with van der Waals surface area (Å²) in [6.45, 7) is 2.58. The van der Waals surface area contributed by atoms with E-state index in [1.807, 2.05) is 19.1 Å². The molecule has 10 heteroatoms. The number of nitrogens with one attached hydrogen (secondary N) is 2. The number of benzene rings is 2. The molecule has 0 bridgehead atoms. The molecule has 6 nitrogen and oxygen atoms in total. The average molecular weight is 489 g/mol. The van der Waals surface area contributed by atoms with Crippen molar-refractivity contribution in [3.05, 3.63) is 76.5 Å². The number of hydrogen-bond donors (Lipinski definition) is 2. The van der Waals surface area contributed by atoms with Gasteiger partial charge in [0.2, 0.25) is 0 Å². The van der Waals surface area contributed by atoms with Gasteiger partial charge in [-0.15, -0.1) is 0 Å². The van der Waals surface area contributed by atoms with E-state index in [2.05, 4.69) is 20.5 Å². The highest BCUT2D eigenvalue weighted by atomic mass is 32.2. The Bertz CT molecular complexity index is 1180. The fourth-order valence-corrected chi connectivity index (χ4v) is 5.05. The first-order chi connectivity index (χ1) is 16.2. The van der Waals surface area contributed by atoms with Crippen molar-refractivity contribution in [1.82, 2.24) is 10.2 Å². The molecule has 2 aromatic carbocycles. The molecule has 1 fully saturated rings. The number of allylic oxidation sites excluding steroid dienone is 1. The molecule has 2 aliphatic heterocycles. The molecule has 1 atom stereocenters. The van der Waals surface area contributed by atoms with Gasteiger partial charge in [0, 0.05) is 30.6 Å². The van der Waals surface area contributed by atoms with Gasteiger partial charge in [0.15, 0.2) is 5.17 Å². The van der Waals surface area contributed by atoms with Crippen LogP contribution in [0.5, 0.6) is 0 Å². The van der Waals surface area contributed by atoms with Crippen LogP contribution in [0.25, 0.3) is 0 Å². The van der Waals surface area contributed by atoms with Crippen LogP contribution in [-0.4, -0.2) is 41.2 Å². The van der Waals surface area contributed by atoms with Crippen LogP contribution < -0.4 is 10.6 Å². The van der Waals surface area contributed by atoms with Gasteiger partial charge in [0.25, 0.3) is 11.8 Å². The molecule has 178 valence electrons. The Morgan fingerprint density at radius 2 is 1.85 bits per heavy atom. The number of rotatable bonds is 4. The minimum Gasteiger partial charge on any atom is -0.355 e. The number of hydrogen-bond acceptors (Lipinski definition) is 5. The van der Waals surface area contributed by atoms with Crippen molar-refractivity contribution in [2.24, 2.45) is 4.99 Å². The Morgan fingerprint density at radius 1 is 1.12 bits per heavy atom. The molecule has 0 radical (unpaired) electrons. The van der Waals surface area contributed by atoms with Crippen LogP contribution in [0.1, 0.15) is 40.9 Å². The van der Waals surface area contributed by atoms with Gasteiger partial charge in [0.1, 0.15) is 0 Å². The summed E-state index contributed by atoms with van der Waals surface area (Å²) in [5.41, 5.74) is 1.55. The van der Waals surface area contributed by atoms with Gasteiger partial charge >= 0.3 is 6.18 Å². The molecule has 2 aliphatic rings. The lowest BCUT2D eigenvalue weighted by Crippen LogP contribution is -2.43. The first kappa shape index (κ1) is 23.9. The Balaban J connectivity index is 1.58. The van der Waals surface area contributed by atoms with Crippen molar-refractivity contribution in [2.45, 2.75) is 25.6 Å². The second-order valence-electron chi connectivity index (χ2n) is 7.93. The maximum Gasteiger partial charge on any atom is 0.416 e. The van der Waals surface area contributed by atoms with E-state index in [0.717, 1.165) is 41.6 Å². The fourth-order valence-electron chi connectivity index (χ4n) is 4.03. The van der Waals surface area contributed by atoms with Crippen LogP contribution in [0.3, 0.4) is 0 Å². The number of aliphatic imine (C=N–C) groups is 1. The molecule has 4 rings (SSSR count). The van der Waals surface area contributed by atoms with E-state index in [0.29, 0.717) is 17.0 Å². The van der Waals surface area contributed by atoms with Crippen LogP contribution in [0, 0.1) is 0 Å². The molecule has 2 N–H and O–H groups in total. The van der Waals surface area contributed by atoms with Gasteiger partial charge in [0.05, 0.1) is 22.9 Å². The lowest BCUT2D eigenvalue weighted by Gasteiger charge is -2.40. The van der Waals surface area contributed by atoms with Crippen molar-refractivity contribution >= 4 is 34.4 Å². The third kappa shape index (κ3) is 4.82. The van der Waals surface area contributed by atoms with Crippen molar-refractivity contribution < 1.29 is 22.8 Å². The third-order valence-electron chi connectivity index (χ3n) is 5.67. The Labute approximate surface area is 199 Å². The number of amidine groups is 1. The molecule has 0 aromatic heterocycles. The smallest absolute Gasteiger partial charge is 0.355 e. The zero-order chi connectivity index (χ0) is 24.5. The van der Waals surface area contributed by atoms with Crippen LogP contribution in [0.2, 0.25) is 0 Å². The number of carbonyl (C=O) groups excluding carboxylic acids is 2. The maximum atomic E-state index is 13.0. The zero-order valence-corrected chi connectivity index (χ0v) is 19.4. The molecule has 0 aliphatic carbocycles. The SMILES string of the molecule is CNC(=O)C1=C(C)N=C2SCCCN2C1c1ccc(NC(=O)c2cccc(C(F)(F)F)c2)cc1. The molecule has 1 unspecified atom stereocenters. The van der Waals surface area contributed by atoms with Gasteiger partial charge in [-0.25, -0.2) is 4.99 Å². The number of thioether (sulfide) groups is 1. The second-order valence-corrected chi connectivity index (χ2v) is 8.99. The molecule has 2 aromatic rings. The Kier molecular flexibility index (Phi) is 6.70. The van der Waals surface area contributed by atoms with E-state index in [4.69, 9.17) is 0 Å². The van der Waals surface area contributed by atoms with Gasteiger partial charge in [-0.05, 0) is 49.2 Å². The summed E-state index contributed by atoms with van der Waals surface area (Å²) in [5.74, 6) is 0.119. The van der Waals surface area contributed by atoms with E-state index in [-0.39, 0.29) is 17.5 Å². The van der Waals surface area contributed by atoms with Gasteiger partial charge in [-0.1, -0.05) is 30.0 Å². The number of nitrogens with zero attached hydrogens (tertiary/aromatic N) is 2. The standard InChI is InChI=1S/C24H23F3N4O2S/c1-14-19(22(33)28-2)20(31-11-4-12-34-23(31)29-14)15-7-9-18(10-8-15)30-21(32)16-5-3-6-17(13-16)24(25,26)27/h3,5-10,13,20H,4,11-12H2,1-2H3,(H,28,33)(H,30,32). The molecule has 0 spiro atoms. The largest absolute Gasteiger partial charge is 0.416 e. The van der Waals surface area contributed by atoms with Crippen molar-refractivity contribution in [3.63, 3.8) is 0 Å². The first-order valence-corrected chi connectivity index (χ1v) is 11.7. The zero-order valence-electron chi connectivity index (χ0n) is 18.6. The minimum atomic E-state index is -4.53. The second kappa shape index (κ2) is 9.54. The summed E-state index contributed by atoms with van der Waals surface area (Å²) >= 11 is 1.66. The highest BCUT2D eigenvalue weighted by Crippen LogP contribution is 2.39. The predicted octanol–water partition coefficient (Wildman–Crippen LogP) is 4.83. The van der Waals surface area contributed by atoms with Crippen LogP contribution in [0.4, 0.5) is 18.9 Å². The van der Waals surface area contributed by atoms with Gasteiger partial charge < -0.3 is 15.5 Å². The van der Waals surface area contributed by atoms with E-state index < -0.39 is 17.6 Å². The normalized spacial score (nSPS) is 18.2. The summed E-state index contributed by atoms with van der Waals surface area (Å²) in [5, 5.41) is 6.21. The Hall–Kier alpha value is -3.27. The van der Waals surface area contributed by atoms with Crippen molar-refractivity contribution in [3.8, 4) is 0 Å². The summed E-state index contributed by atoms with van der Waals surface area (Å²) < 4.78 is 38.9. The average Bonchev–Trinajstić information content (AvgIpc) is 2.83. The lowest BCUT2D eigenvalue weighted by atomic mass is 9.93. The number of alkyl halides is 3. The molecule has 0 saturated carbocycles. The van der Waals surface area contributed by atoms with Crippen molar-refractivity contribution in [2.75, 3.05) is 24.7 Å². The summed E-state index contributed by atoms with van der Waals surface area (Å²) in [4.78, 5) is 32.0. The predicted molar refractivity (Wildman–Crippen MR) is 127 cm³/mol. The summed E-state index contributed by atoms with van der Waals surface area (Å²) in [7, 11) is 1.58. The van der Waals surface area contributed by atoms with Gasteiger partial charge in [-0.3, -0.25) is 9.59 Å². The third-order valence-corrected chi connectivity index (χ3v) is 6.74. The molecule has 34 heavy (non-hydrogen) atoms.